The molecule has 14 N–H and O–H groups in total. The molecule has 0 rings (SSSR count). The van der Waals surface area contributed by atoms with Crippen molar-refractivity contribution < 1.29 is 33.9 Å². The zero-order chi connectivity index (χ0) is 27.8. The van der Waals surface area contributed by atoms with Gasteiger partial charge in [-0.3, -0.25) is 29.0 Å². The van der Waals surface area contributed by atoms with E-state index in [0.29, 0.717) is 0 Å². The third kappa shape index (κ3) is 14.0. The van der Waals surface area contributed by atoms with Gasteiger partial charge in [-0.05, 0) is 25.7 Å². The van der Waals surface area contributed by atoms with Crippen LogP contribution in [0.4, 0.5) is 0 Å². The third-order valence-electron chi connectivity index (χ3n) is 4.72. The van der Waals surface area contributed by atoms with Gasteiger partial charge in [-0.2, -0.15) is 12.6 Å². The van der Waals surface area contributed by atoms with E-state index >= 15 is 0 Å². The van der Waals surface area contributed by atoms with Gasteiger partial charge >= 0.3 is 5.97 Å². The fourth-order valence-electron chi connectivity index (χ4n) is 2.78. The van der Waals surface area contributed by atoms with Gasteiger partial charge in [-0.1, -0.05) is 0 Å². The Balaban J connectivity index is 5.62. The van der Waals surface area contributed by atoms with Crippen LogP contribution in [-0.2, 0) is 28.8 Å². The highest BCUT2D eigenvalue weighted by atomic mass is 32.1. The molecule has 0 saturated carbocycles. The molecular weight excluding hydrogens is 498 g/mol. The predicted octanol–water partition coefficient (Wildman–Crippen LogP) is -4.63. The van der Waals surface area contributed by atoms with Crippen molar-refractivity contribution in [2.24, 2.45) is 33.7 Å². The monoisotopic (exact) mass is 533 g/mol. The molecule has 0 saturated heterocycles. The Labute approximate surface area is 212 Å². The normalized spacial score (nSPS) is 13.8. The van der Waals surface area contributed by atoms with Crippen LogP contribution in [0.5, 0.6) is 0 Å². The number of aliphatic carboxylic acids is 1. The summed E-state index contributed by atoms with van der Waals surface area (Å²) in [7, 11) is 0. The number of rotatable bonds is 18. The van der Waals surface area contributed by atoms with E-state index in [4.69, 9.17) is 28.7 Å². The lowest BCUT2D eigenvalue weighted by molar-refractivity contribution is -0.142. The van der Waals surface area contributed by atoms with E-state index in [1.807, 2.05) is 0 Å². The molecule has 0 radical (unpaired) electrons. The second-order valence-electron chi connectivity index (χ2n) is 7.77. The second kappa shape index (κ2) is 16.9. The third-order valence-corrected chi connectivity index (χ3v) is 5.11. The van der Waals surface area contributed by atoms with Crippen molar-refractivity contribution in [1.29, 1.82) is 0 Å². The summed E-state index contributed by atoms with van der Waals surface area (Å²) in [5.74, 6) is -5.57. The van der Waals surface area contributed by atoms with E-state index < -0.39 is 59.7 Å². The van der Waals surface area contributed by atoms with Crippen molar-refractivity contribution in [3.05, 3.63) is 0 Å². The highest BCUT2D eigenvalue weighted by molar-refractivity contribution is 7.80. The van der Waals surface area contributed by atoms with Gasteiger partial charge < -0.3 is 49.7 Å². The van der Waals surface area contributed by atoms with Crippen molar-refractivity contribution in [2.75, 3.05) is 12.3 Å². The van der Waals surface area contributed by atoms with E-state index in [1.165, 1.54) is 0 Å². The Hall–Kier alpha value is -3.60. The standard InChI is InChI=1S/C19H35N9O7S/c20-9(8-36)15(31)26-10(2-1-7-25-19(23)24)16(32)27-11(3-5-13(21)29)17(33)28-12(18(34)35)4-6-14(22)30/h9-12,36H,1-8,20H2,(H2,21,29)(H2,22,30)(H,26,31)(H,27,32)(H,28,33)(H,34,35)(H4,23,24,25). The minimum Gasteiger partial charge on any atom is -0.480 e. The van der Waals surface area contributed by atoms with Crippen molar-refractivity contribution in [1.82, 2.24) is 16.0 Å². The Morgan fingerprint density at radius 3 is 1.64 bits per heavy atom. The van der Waals surface area contributed by atoms with E-state index in [1.54, 1.807) is 0 Å². The SMILES string of the molecule is NC(=O)CCC(NC(=O)C(CCC(N)=O)NC(=O)C(CCCN=C(N)N)NC(=O)C(N)CS)C(=O)O. The van der Waals surface area contributed by atoms with Crippen LogP contribution in [0, 0.1) is 0 Å². The first-order valence-electron chi connectivity index (χ1n) is 10.9. The number of carboxylic acid groups (broad SMARTS) is 1. The Morgan fingerprint density at radius 2 is 1.19 bits per heavy atom. The minimum atomic E-state index is -1.48. The summed E-state index contributed by atoms with van der Waals surface area (Å²) in [5, 5.41) is 16.4. The molecule has 0 aromatic carbocycles. The quantitative estimate of drug-likeness (QED) is 0.0347. The van der Waals surface area contributed by atoms with E-state index in [2.05, 4.69) is 33.6 Å². The molecule has 0 aromatic rings. The molecule has 17 heteroatoms. The maximum atomic E-state index is 13.0. The number of carbonyl (C=O) groups excluding carboxylic acids is 5. The lowest BCUT2D eigenvalue weighted by Gasteiger charge is -2.25. The molecule has 0 bridgehead atoms. The number of nitrogens with one attached hydrogen (secondary N) is 3. The first-order valence-corrected chi connectivity index (χ1v) is 11.5. The zero-order valence-corrected chi connectivity index (χ0v) is 20.5. The maximum absolute atomic E-state index is 13.0. The number of hydrogen-bond acceptors (Lipinski definition) is 9. The van der Waals surface area contributed by atoms with E-state index in [0.717, 1.165) is 0 Å². The molecule has 0 aliphatic rings. The largest absolute Gasteiger partial charge is 0.480 e. The Kier molecular flexibility index (Phi) is 15.2. The number of nitrogens with zero attached hydrogens (tertiary/aromatic N) is 1. The molecule has 0 fully saturated rings. The number of hydrogen-bond donors (Lipinski definition) is 10. The molecule has 204 valence electrons. The Bertz CT molecular complexity index is 836. The fraction of sp³-hybridized carbons (Fsp3) is 0.632. The predicted molar refractivity (Wildman–Crippen MR) is 132 cm³/mol. The summed E-state index contributed by atoms with van der Waals surface area (Å²) < 4.78 is 0. The number of carbonyl (C=O) groups is 6. The first-order chi connectivity index (χ1) is 16.8. The number of guanidine groups is 1. The first kappa shape index (κ1) is 32.4. The molecule has 0 heterocycles. The fourth-order valence-corrected chi connectivity index (χ4v) is 2.94. The minimum absolute atomic E-state index is 0.000303. The molecular formula is C19H35N9O7S. The molecule has 16 nitrogen and oxygen atoms in total. The highest BCUT2D eigenvalue weighted by Crippen LogP contribution is 2.06. The van der Waals surface area contributed by atoms with Crippen LogP contribution in [0.15, 0.2) is 4.99 Å². The van der Waals surface area contributed by atoms with E-state index in [-0.39, 0.29) is 56.8 Å². The number of carboxylic acids is 1. The lowest BCUT2D eigenvalue weighted by Crippen LogP contribution is -2.57. The number of aliphatic imine (C=N–C) groups is 1. The molecule has 0 spiro atoms. The zero-order valence-electron chi connectivity index (χ0n) is 19.6. The van der Waals surface area contributed by atoms with Gasteiger partial charge in [0.15, 0.2) is 5.96 Å². The summed E-state index contributed by atoms with van der Waals surface area (Å²) >= 11 is 3.94. The molecule has 36 heavy (non-hydrogen) atoms. The van der Waals surface area contributed by atoms with Crippen LogP contribution in [0.1, 0.15) is 38.5 Å². The van der Waals surface area contributed by atoms with Gasteiger partial charge in [0.1, 0.15) is 18.1 Å². The van der Waals surface area contributed by atoms with Crippen LogP contribution in [0.2, 0.25) is 0 Å². The molecule has 0 aliphatic heterocycles. The summed E-state index contributed by atoms with van der Waals surface area (Å²) in [6.45, 7) is 0.145. The maximum Gasteiger partial charge on any atom is 0.326 e. The molecule has 5 amide bonds. The van der Waals surface area contributed by atoms with E-state index in [9.17, 15) is 33.9 Å². The summed E-state index contributed by atoms with van der Waals surface area (Å²) in [6.07, 6.45) is -0.876. The van der Waals surface area contributed by atoms with Crippen LogP contribution in [0.25, 0.3) is 0 Å². The van der Waals surface area contributed by atoms with Gasteiger partial charge in [-0.15, -0.1) is 0 Å². The van der Waals surface area contributed by atoms with Gasteiger partial charge in [0.2, 0.25) is 29.5 Å². The topological polar surface area (TPSA) is 301 Å². The van der Waals surface area contributed by atoms with Gasteiger partial charge in [0.05, 0.1) is 6.04 Å². The summed E-state index contributed by atoms with van der Waals surface area (Å²) in [4.78, 5) is 75.5. The number of primary amides is 2. The average molecular weight is 534 g/mol. The number of amides is 5. The van der Waals surface area contributed by atoms with Crippen LogP contribution in [-0.4, -0.2) is 83.0 Å². The molecule has 0 aromatic heterocycles. The summed E-state index contributed by atoms with van der Waals surface area (Å²) in [6, 6.07) is -5.07. The smallest absolute Gasteiger partial charge is 0.326 e. The number of thiol groups is 1. The van der Waals surface area contributed by atoms with Crippen molar-refractivity contribution in [2.45, 2.75) is 62.7 Å². The second-order valence-corrected chi connectivity index (χ2v) is 8.13. The van der Waals surface area contributed by atoms with Crippen molar-refractivity contribution in [3.63, 3.8) is 0 Å². The molecule has 4 atom stereocenters. The van der Waals surface area contributed by atoms with Gasteiger partial charge in [0.25, 0.3) is 0 Å². The van der Waals surface area contributed by atoms with Crippen molar-refractivity contribution >= 4 is 54.1 Å². The molecule has 0 aliphatic carbocycles. The average Bonchev–Trinajstić information content (AvgIpc) is 2.79. The molecule has 4 unspecified atom stereocenters. The number of nitrogens with two attached hydrogens (primary N) is 5. The van der Waals surface area contributed by atoms with Crippen molar-refractivity contribution in [3.8, 4) is 0 Å². The highest BCUT2D eigenvalue weighted by Gasteiger charge is 2.30. The van der Waals surface area contributed by atoms with Crippen LogP contribution in [0.3, 0.4) is 0 Å². The van der Waals surface area contributed by atoms with Gasteiger partial charge in [0, 0.05) is 25.1 Å². The van der Waals surface area contributed by atoms with Gasteiger partial charge in [-0.25, -0.2) is 4.79 Å². The Morgan fingerprint density at radius 1 is 0.750 bits per heavy atom. The van der Waals surface area contributed by atoms with Crippen LogP contribution >= 0.6 is 12.6 Å². The van der Waals surface area contributed by atoms with Crippen LogP contribution < -0.4 is 44.6 Å². The summed E-state index contributed by atoms with van der Waals surface area (Å²) in [5.41, 5.74) is 26.3. The lowest BCUT2D eigenvalue weighted by atomic mass is 10.1.